The number of hydrogen-bond acceptors (Lipinski definition) is 8. The second-order valence-electron chi connectivity index (χ2n) is 6.93. The summed E-state index contributed by atoms with van der Waals surface area (Å²) in [6.45, 7) is 4.83. The fourth-order valence-corrected chi connectivity index (χ4v) is 2.46. The number of benzene rings is 1. The maximum absolute atomic E-state index is 13.1. The molecule has 0 aliphatic heterocycles. The summed E-state index contributed by atoms with van der Waals surface area (Å²) >= 11 is 0. The predicted octanol–water partition coefficient (Wildman–Crippen LogP) is 2.34. The van der Waals surface area contributed by atoms with Crippen molar-refractivity contribution >= 4 is 23.3 Å². The standard InChI is InChI=1S/C17H18N5O7/c1-17(2,3)29-16(24)20-11(7-10-8-18-9-19-10)15(23)14-12(21(25)26)5-4-6-13(14)22(27)28/h4-5,8-9,11H,7H2,1-3H3,(H,18,19)(H,20,24)/t11-/m0/s1. The highest BCUT2D eigenvalue weighted by molar-refractivity contribution is 6.07. The molecule has 153 valence electrons. The number of Topliss-reactive ketones (excluding diaryl/α,β-unsaturated/α-hetero) is 1. The first-order valence-corrected chi connectivity index (χ1v) is 8.34. The Bertz CT molecular complexity index is 902. The predicted molar refractivity (Wildman–Crippen MR) is 98.4 cm³/mol. The number of nitro groups is 2. The molecule has 0 bridgehead atoms. The van der Waals surface area contributed by atoms with Crippen LogP contribution in [-0.4, -0.2) is 43.3 Å². The summed E-state index contributed by atoms with van der Waals surface area (Å²) < 4.78 is 5.12. The van der Waals surface area contributed by atoms with Gasteiger partial charge in [-0.15, -0.1) is 0 Å². The highest BCUT2D eigenvalue weighted by atomic mass is 16.6. The molecular weight excluding hydrogens is 386 g/mol. The Labute approximate surface area is 164 Å². The number of ether oxygens (including phenoxy) is 1. The molecule has 0 aliphatic rings. The minimum Gasteiger partial charge on any atom is -0.444 e. The zero-order valence-electron chi connectivity index (χ0n) is 15.8. The molecular formula is C17H18N5O7. The first kappa shape index (κ1) is 21.5. The molecule has 1 heterocycles. The van der Waals surface area contributed by atoms with Crippen LogP contribution in [0.2, 0.25) is 0 Å². The zero-order valence-corrected chi connectivity index (χ0v) is 15.8. The minimum absolute atomic E-state index is 0.176. The van der Waals surface area contributed by atoms with Crippen LogP contribution in [0, 0.1) is 26.3 Å². The lowest BCUT2D eigenvalue weighted by Gasteiger charge is -2.22. The van der Waals surface area contributed by atoms with E-state index in [2.05, 4.69) is 21.4 Å². The van der Waals surface area contributed by atoms with Gasteiger partial charge in [-0.1, -0.05) is 0 Å². The van der Waals surface area contributed by atoms with Crippen molar-refractivity contribution in [2.24, 2.45) is 0 Å². The van der Waals surface area contributed by atoms with Gasteiger partial charge in [0, 0.05) is 18.7 Å². The van der Waals surface area contributed by atoms with Crippen LogP contribution in [0.25, 0.3) is 0 Å². The number of nitro benzene ring substituents is 2. The summed E-state index contributed by atoms with van der Waals surface area (Å²) in [6.07, 6.45) is 1.66. The number of nitrogens with one attached hydrogen (secondary N) is 2. The van der Waals surface area contributed by atoms with Gasteiger partial charge in [-0.05, 0) is 26.8 Å². The smallest absolute Gasteiger partial charge is 0.408 e. The number of H-pyrrole nitrogens is 1. The maximum atomic E-state index is 13.1. The highest BCUT2D eigenvalue weighted by Gasteiger charge is 2.36. The summed E-state index contributed by atoms with van der Waals surface area (Å²) in [4.78, 5) is 52.7. The van der Waals surface area contributed by atoms with Gasteiger partial charge in [0.1, 0.15) is 11.6 Å². The van der Waals surface area contributed by atoms with E-state index in [4.69, 9.17) is 4.74 Å². The van der Waals surface area contributed by atoms with E-state index in [1.54, 1.807) is 20.8 Å². The molecule has 0 unspecified atom stereocenters. The van der Waals surface area contributed by atoms with E-state index in [0.29, 0.717) is 5.69 Å². The van der Waals surface area contributed by atoms with Crippen molar-refractivity contribution in [2.75, 3.05) is 0 Å². The van der Waals surface area contributed by atoms with Gasteiger partial charge in [0.15, 0.2) is 11.3 Å². The quantitative estimate of drug-likeness (QED) is 0.402. The first-order valence-electron chi connectivity index (χ1n) is 8.34. The van der Waals surface area contributed by atoms with E-state index in [0.717, 1.165) is 12.1 Å². The van der Waals surface area contributed by atoms with Crippen molar-refractivity contribution in [3.63, 3.8) is 0 Å². The van der Waals surface area contributed by atoms with E-state index >= 15 is 0 Å². The average Bonchev–Trinajstić information content (AvgIpc) is 3.11. The number of hydrogen-bond donors (Lipinski definition) is 2. The zero-order chi connectivity index (χ0) is 21.8. The van der Waals surface area contributed by atoms with Gasteiger partial charge in [0.05, 0.1) is 27.9 Å². The lowest BCUT2D eigenvalue weighted by molar-refractivity contribution is -0.394. The molecule has 1 amide bonds. The van der Waals surface area contributed by atoms with Gasteiger partial charge >= 0.3 is 6.09 Å². The number of imidazole rings is 1. The lowest BCUT2D eigenvalue weighted by atomic mass is 9.97. The minimum atomic E-state index is -1.40. The van der Waals surface area contributed by atoms with Crippen molar-refractivity contribution in [1.29, 1.82) is 0 Å². The third-order valence-corrected chi connectivity index (χ3v) is 3.56. The fourth-order valence-electron chi connectivity index (χ4n) is 2.46. The number of alkyl carbamates (subject to hydrolysis) is 1. The summed E-state index contributed by atoms with van der Waals surface area (Å²) in [5.74, 6) is -1.03. The summed E-state index contributed by atoms with van der Waals surface area (Å²) in [5, 5.41) is 25.0. The third-order valence-electron chi connectivity index (χ3n) is 3.56. The van der Waals surface area contributed by atoms with Crippen LogP contribution in [0.5, 0.6) is 0 Å². The Morgan fingerprint density at radius 1 is 1.31 bits per heavy atom. The number of nitrogens with zero attached hydrogens (tertiary/aromatic N) is 3. The SMILES string of the molecule is CC(C)(C)OC(=O)N[C@@H](Cc1c[nH]cn1)C(=O)c1c([N+](=O)[O-])[c]ccc1[N+](=O)[O-]. The Morgan fingerprint density at radius 2 is 2.00 bits per heavy atom. The van der Waals surface area contributed by atoms with Crippen LogP contribution >= 0.6 is 0 Å². The number of amides is 1. The van der Waals surface area contributed by atoms with E-state index < -0.39 is 50.3 Å². The number of aromatic amines is 1. The second-order valence-corrected chi connectivity index (χ2v) is 6.93. The van der Waals surface area contributed by atoms with Crippen molar-refractivity contribution in [2.45, 2.75) is 38.8 Å². The molecule has 12 heteroatoms. The number of carbonyl (C=O) groups is 2. The molecule has 29 heavy (non-hydrogen) atoms. The van der Waals surface area contributed by atoms with Crippen LogP contribution < -0.4 is 5.32 Å². The molecule has 2 N–H and O–H groups in total. The van der Waals surface area contributed by atoms with Gasteiger partial charge in [0.25, 0.3) is 11.4 Å². The first-order chi connectivity index (χ1) is 13.5. The van der Waals surface area contributed by atoms with E-state index in [9.17, 15) is 29.8 Å². The van der Waals surface area contributed by atoms with Crippen molar-refractivity contribution in [3.8, 4) is 0 Å². The van der Waals surface area contributed by atoms with E-state index in [1.807, 2.05) is 0 Å². The Kier molecular flexibility index (Phi) is 6.26. The van der Waals surface area contributed by atoms with Crippen molar-refractivity contribution in [1.82, 2.24) is 15.3 Å². The van der Waals surface area contributed by atoms with Gasteiger partial charge in [-0.25, -0.2) is 9.78 Å². The monoisotopic (exact) mass is 404 g/mol. The fraction of sp³-hybridized carbons (Fsp3) is 0.353. The molecule has 0 saturated heterocycles. The van der Waals surface area contributed by atoms with Crippen LogP contribution in [0.1, 0.15) is 36.8 Å². The highest BCUT2D eigenvalue weighted by Crippen LogP contribution is 2.29. The number of rotatable bonds is 7. The number of ketones is 1. The average molecular weight is 404 g/mol. The van der Waals surface area contributed by atoms with Crippen molar-refractivity contribution < 1.29 is 24.2 Å². The van der Waals surface area contributed by atoms with E-state index in [-0.39, 0.29) is 6.42 Å². The molecule has 2 aromatic rings. The normalized spacial score (nSPS) is 12.1. The molecule has 12 nitrogen and oxygen atoms in total. The molecule has 1 atom stereocenters. The molecule has 1 aromatic heterocycles. The van der Waals surface area contributed by atoms with Crippen LogP contribution in [0.15, 0.2) is 24.7 Å². The van der Waals surface area contributed by atoms with E-state index in [1.165, 1.54) is 12.5 Å². The summed E-state index contributed by atoms with van der Waals surface area (Å²) in [6, 6.07) is 2.74. The number of aromatic nitrogens is 2. The second kappa shape index (κ2) is 8.46. The summed E-state index contributed by atoms with van der Waals surface area (Å²) in [7, 11) is 0. The van der Waals surface area contributed by atoms with Gasteiger partial charge in [0.2, 0.25) is 0 Å². The van der Waals surface area contributed by atoms with Crippen LogP contribution in [-0.2, 0) is 11.2 Å². The molecule has 2 rings (SSSR count). The van der Waals surface area contributed by atoms with Gasteiger partial charge < -0.3 is 15.0 Å². The molecule has 0 aliphatic carbocycles. The van der Waals surface area contributed by atoms with Gasteiger partial charge in [-0.3, -0.25) is 25.0 Å². The van der Waals surface area contributed by atoms with Gasteiger partial charge in [-0.2, -0.15) is 0 Å². The van der Waals surface area contributed by atoms with Crippen LogP contribution in [0.3, 0.4) is 0 Å². The Morgan fingerprint density at radius 3 is 2.52 bits per heavy atom. The largest absolute Gasteiger partial charge is 0.444 e. The molecule has 0 saturated carbocycles. The topological polar surface area (TPSA) is 170 Å². The Balaban J connectivity index is 2.48. The molecule has 0 spiro atoms. The molecule has 1 radical (unpaired) electrons. The molecule has 0 fully saturated rings. The maximum Gasteiger partial charge on any atom is 0.408 e. The van der Waals surface area contributed by atoms with Crippen molar-refractivity contribution in [3.05, 3.63) is 62.2 Å². The summed E-state index contributed by atoms with van der Waals surface area (Å²) in [5.41, 5.74) is -2.91. The third kappa shape index (κ3) is 5.57. The molecule has 1 aromatic carbocycles. The number of carbonyl (C=O) groups excluding carboxylic acids is 2. The Hall–Kier alpha value is -3.83. The lowest BCUT2D eigenvalue weighted by Crippen LogP contribution is -2.45. The van der Waals surface area contributed by atoms with Crippen LogP contribution in [0.4, 0.5) is 16.2 Å².